The first-order chi connectivity index (χ1) is 15.0. The highest BCUT2D eigenvalue weighted by atomic mass is 16.5. The van der Waals surface area contributed by atoms with Crippen LogP contribution in [0.1, 0.15) is 57.1 Å². The summed E-state index contributed by atoms with van der Waals surface area (Å²) in [6, 6.07) is 4.00. The third-order valence-electron chi connectivity index (χ3n) is 6.56. The van der Waals surface area contributed by atoms with E-state index in [1.807, 2.05) is 34.9 Å². The maximum absolute atomic E-state index is 12.8. The Bertz CT molecular complexity index is 836. The van der Waals surface area contributed by atoms with E-state index in [4.69, 9.17) is 9.47 Å². The molecule has 1 atom stereocenters. The van der Waals surface area contributed by atoms with Crippen molar-refractivity contribution in [3.8, 4) is 11.5 Å². The van der Waals surface area contributed by atoms with Crippen molar-refractivity contribution in [2.75, 3.05) is 32.8 Å². The number of nitrogens with zero attached hydrogens (tertiary/aromatic N) is 2. The van der Waals surface area contributed by atoms with Crippen molar-refractivity contribution in [2.24, 2.45) is 5.92 Å². The number of piperidine rings is 2. The molecule has 1 aromatic rings. The molecule has 0 aromatic heterocycles. The fraction of sp³-hybridized carbons (Fsp3) is 0.600. The molecule has 0 N–H and O–H groups in total. The number of rotatable bonds is 5. The van der Waals surface area contributed by atoms with Crippen molar-refractivity contribution in [3.63, 3.8) is 0 Å². The average Bonchev–Trinajstić information content (AvgIpc) is 3.16. The quantitative estimate of drug-likeness (QED) is 0.674. The zero-order valence-corrected chi connectivity index (χ0v) is 18.8. The minimum Gasteiger partial charge on any atom is -0.493 e. The van der Waals surface area contributed by atoms with Crippen molar-refractivity contribution in [3.05, 3.63) is 29.3 Å². The van der Waals surface area contributed by atoms with Crippen LogP contribution in [0.3, 0.4) is 0 Å². The van der Waals surface area contributed by atoms with Crippen LogP contribution in [0.25, 0.3) is 6.08 Å². The number of benzene rings is 1. The van der Waals surface area contributed by atoms with E-state index in [1.54, 1.807) is 6.08 Å². The molecule has 0 spiro atoms. The number of amides is 2. The van der Waals surface area contributed by atoms with Crippen molar-refractivity contribution < 1.29 is 19.1 Å². The van der Waals surface area contributed by atoms with Gasteiger partial charge in [-0.25, -0.2) is 0 Å². The molecule has 168 valence electrons. The third kappa shape index (κ3) is 5.05. The lowest BCUT2D eigenvalue weighted by Crippen LogP contribution is -2.45. The molecule has 3 aliphatic heterocycles. The molecule has 0 aliphatic carbocycles. The Balaban J connectivity index is 1.36. The summed E-state index contributed by atoms with van der Waals surface area (Å²) < 4.78 is 11.7. The van der Waals surface area contributed by atoms with Crippen LogP contribution in [-0.4, -0.2) is 60.5 Å². The smallest absolute Gasteiger partial charge is 0.246 e. The molecule has 3 aliphatic rings. The van der Waals surface area contributed by atoms with Gasteiger partial charge in [0.05, 0.1) is 6.61 Å². The van der Waals surface area contributed by atoms with E-state index in [2.05, 4.69) is 6.92 Å². The Labute approximate surface area is 185 Å². The van der Waals surface area contributed by atoms with E-state index in [-0.39, 0.29) is 23.8 Å². The van der Waals surface area contributed by atoms with Gasteiger partial charge in [-0.05, 0) is 64.2 Å². The van der Waals surface area contributed by atoms with Gasteiger partial charge in [0.2, 0.25) is 11.8 Å². The standard InChI is InChI=1S/C25H34N2O4/c1-3-30-22-17-21-15-18(2)31-23(21)16-20(22)7-8-24(28)26-13-9-19(10-14-26)25(29)27-11-5-4-6-12-27/h7-8,16-19H,3-6,9-15H2,1-2H3/b8-7+. The average molecular weight is 427 g/mol. The first-order valence-electron chi connectivity index (χ1n) is 11.8. The van der Waals surface area contributed by atoms with Gasteiger partial charge in [0.15, 0.2) is 0 Å². The van der Waals surface area contributed by atoms with Crippen molar-refractivity contribution in [1.29, 1.82) is 0 Å². The lowest BCUT2D eigenvalue weighted by atomic mass is 9.94. The molecule has 0 bridgehead atoms. The van der Waals surface area contributed by atoms with Crippen LogP contribution in [0, 0.1) is 5.92 Å². The SMILES string of the molecule is CCOc1cc2c(cc1/C=C/C(=O)N1CCC(C(=O)N3CCCCC3)CC1)OC(C)C2. The summed E-state index contributed by atoms with van der Waals surface area (Å²) in [5.41, 5.74) is 2.01. The van der Waals surface area contributed by atoms with E-state index in [1.165, 1.54) is 6.42 Å². The van der Waals surface area contributed by atoms with E-state index >= 15 is 0 Å². The maximum Gasteiger partial charge on any atom is 0.246 e. The normalized spacial score (nSPS) is 21.8. The lowest BCUT2D eigenvalue weighted by molar-refractivity contribution is -0.140. The summed E-state index contributed by atoms with van der Waals surface area (Å²) in [5.74, 6) is 2.00. The Morgan fingerprint density at radius 2 is 1.84 bits per heavy atom. The van der Waals surface area contributed by atoms with Crippen molar-refractivity contribution >= 4 is 17.9 Å². The number of carbonyl (C=O) groups is 2. The Kier molecular flexibility index (Phi) is 6.83. The van der Waals surface area contributed by atoms with Crippen LogP contribution in [0.5, 0.6) is 11.5 Å². The molecule has 0 saturated carbocycles. The first kappa shape index (κ1) is 21.7. The number of hydrogen-bond acceptors (Lipinski definition) is 4. The summed E-state index contributed by atoms with van der Waals surface area (Å²) in [5, 5.41) is 0. The minimum atomic E-state index is -0.0129. The minimum absolute atomic E-state index is 0.0129. The van der Waals surface area contributed by atoms with E-state index < -0.39 is 0 Å². The van der Waals surface area contributed by atoms with Crippen LogP contribution < -0.4 is 9.47 Å². The predicted octanol–water partition coefficient (Wildman–Crippen LogP) is 3.67. The highest BCUT2D eigenvalue weighted by molar-refractivity contribution is 5.92. The predicted molar refractivity (Wildman–Crippen MR) is 120 cm³/mol. The second-order valence-electron chi connectivity index (χ2n) is 8.88. The lowest BCUT2D eigenvalue weighted by Gasteiger charge is -2.35. The van der Waals surface area contributed by atoms with E-state index in [0.29, 0.717) is 19.7 Å². The van der Waals surface area contributed by atoms with Crippen molar-refractivity contribution in [1.82, 2.24) is 9.80 Å². The number of fused-ring (bicyclic) bond motifs is 1. The monoisotopic (exact) mass is 426 g/mol. The van der Waals surface area contributed by atoms with Crippen molar-refractivity contribution in [2.45, 2.75) is 58.5 Å². The highest BCUT2D eigenvalue weighted by Crippen LogP contribution is 2.35. The maximum atomic E-state index is 12.8. The molecule has 6 heteroatoms. The van der Waals surface area contributed by atoms with Crippen LogP contribution in [-0.2, 0) is 16.0 Å². The van der Waals surface area contributed by atoms with Gasteiger partial charge >= 0.3 is 0 Å². The molecular formula is C25H34N2O4. The van der Waals surface area contributed by atoms with Gasteiger partial charge in [0.25, 0.3) is 0 Å². The zero-order chi connectivity index (χ0) is 21.8. The fourth-order valence-corrected chi connectivity index (χ4v) is 4.85. The van der Waals surface area contributed by atoms with Gasteiger partial charge in [0.1, 0.15) is 17.6 Å². The molecule has 2 saturated heterocycles. The zero-order valence-electron chi connectivity index (χ0n) is 18.8. The van der Waals surface area contributed by atoms with E-state index in [9.17, 15) is 9.59 Å². The topological polar surface area (TPSA) is 59.1 Å². The Hall–Kier alpha value is -2.50. The van der Waals surface area contributed by atoms with Gasteiger partial charge in [-0.1, -0.05) is 0 Å². The molecule has 1 aromatic carbocycles. The van der Waals surface area contributed by atoms with Crippen LogP contribution in [0.2, 0.25) is 0 Å². The molecule has 2 amide bonds. The van der Waals surface area contributed by atoms with Gasteiger partial charge in [0, 0.05) is 55.7 Å². The third-order valence-corrected chi connectivity index (χ3v) is 6.56. The molecule has 0 radical (unpaired) electrons. The summed E-state index contributed by atoms with van der Waals surface area (Å²) in [4.78, 5) is 29.4. The van der Waals surface area contributed by atoms with Crippen LogP contribution in [0.4, 0.5) is 0 Å². The molecule has 6 nitrogen and oxygen atoms in total. The molecule has 1 unspecified atom stereocenters. The molecule has 4 rings (SSSR count). The van der Waals surface area contributed by atoms with Gasteiger partial charge in [-0.3, -0.25) is 9.59 Å². The number of hydrogen-bond donors (Lipinski definition) is 0. The molecule has 31 heavy (non-hydrogen) atoms. The Morgan fingerprint density at radius 1 is 1.10 bits per heavy atom. The van der Waals surface area contributed by atoms with Gasteiger partial charge in [-0.15, -0.1) is 0 Å². The first-order valence-corrected chi connectivity index (χ1v) is 11.8. The highest BCUT2D eigenvalue weighted by Gasteiger charge is 2.30. The second-order valence-corrected chi connectivity index (χ2v) is 8.88. The Morgan fingerprint density at radius 3 is 2.55 bits per heavy atom. The number of carbonyl (C=O) groups excluding carboxylic acids is 2. The van der Waals surface area contributed by atoms with E-state index in [0.717, 1.165) is 67.8 Å². The summed E-state index contributed by atoms with van der Waals surface area (Å²) in [6.45, 7) is 7.65. The fourth-order valence-electron chi connectivity index (χ4n) is 4.85. The van der Waals surface area contributed by atoms with Crippen LogP contribution >= 0.6 is 0 Å². The van der Waals surface area contributed by atoms with Gasteiger partial charge < -0.3 is 19.3 Å². The largest absolute Gasteiger partial charge is 0.493 e. The summed E-state index contributed by atoms with van der Waals surface area (Å²) >= 11 is 0. The summed E-state index contributed by atoms with van der Waals surface area (Å²) in [7, 11) is 0. The molecular weight excluding hydrogens is 392 g/mol. The van der Waals surface area contributed by atoms with Gasteiger partial charge in [-0.2, -0.15) is 0 Å². The molecule has 3 heterocycles. The number of ether oxygens (including phenoxy) is 2. The summed E-state index contributed by atoms with van der Waals surface area (Å²) in [6.07, 6.45) is 9.45. The number of likely N-dealkylation sites (tertiary alicyclic amines) is 2. The molecule has 2 fully saturated rings. The van der Waals surface area contributed by atoms with Crippen LogP contribution in [0.15, 0.2) is 18.2 Å². The second kappa shape index (κ2) is 9.75.